The molecule has 0 aromatic heterocycles. The first kappa shape index (κ1) is 24.6. The molecule has 1 N–H and O–H groups in total. The molecule has 2 aromatic carbocycles. The van der Waals surface area contributed by atoms with Crippen molar-refractivity contribution in [1.29, 1.82) is 0 Å². The molecule has 1 atom stereocenters. The lowest BCUT2D eigenvalue weighted by atomic mass is 9.94. The predicted molar refractivity (Wildman–Crippen MR) is 126 cm³/mol. The summed E-state index contributed by atoms with van der Waals surface area (Å²) in [6.45, 7) is 6.02. The van der Waals surface area contributed by atoms with Gasteiger partial charge in [-0.2, -0.15) is 0 Å². The van der Waals surface area contributed by atoms with Crippen molar-refractivity contribution in [3.8, 4) is 11.5 Å². The SMILES string of the molecule is COc1ccc(C2/C(=C(\O)c3cc(C)cc(Cl)c3OC)C(=O)C(=O)N2CCOC(C)C)cc1. The Morgan fingerprint density at radius 1 is 1.12 bits per heavy atom. The molecular formula is C25H28ClNO6. The number of Topliss-reactive ketones (excluding diaryl/α,β-unsaturated/α-hetero) is 1. The Morgan fingerprint density at radius 2 is 1.79 bits per heavy atom. The highest BCUT2D eigenvalue weighted by Gasteiger charge is 2.46. The summed E-state index contributed by atoms with van der Waals surface area (Å²) in [6, 6.07) is 9.56. The van der Waals surface area contributed by atoms with Crippen molar-refractivity contribution in [2.24, 2.45) is 0 Å². The summed E-state index contributed by atoms with van der Waals surface area (Å²) >= 11 is 6.31. The van der Waals surface area contributed by atoms with E-state index < -0.39 is 17.7 Å². The van der Waals surface area contributed by atoms with E-state index in [9.17, 15) is 14.7 Å². The van der Waals surface area contributed by atoms with Crippen molar-refractivity contribution < 1.29 is 28.9 Å². The maximum Gasteiger partial charge on any atom is 0.295 e. The second-order valence-electron chi connectivity index (χ2n) is 8.01. The normalized spacial score (nSPS) is 17.7. The summed E-state index contributed by atoms with van der Waals surface area (Å²) in [4.78, 5) is 27.6. The third-order valence-corrected chi connectivity index (χ3v) is 5.68. The van der Waals surface area contributed by atoms with Gasteiger partial charge in [-0.1, -0.05) is 23.7 Å². The smallest absolute Gasteiger partial charge is 0.295 e. The van der Waals surface area contributed by atoms with Crippen LogP contribution in [0.1, 0.15) is 36.6 Å². The number of hydrogen-bond acceptors (Lipinski definition) is 6. The molecule has 1 fully saturated rings. The van der Waals surface area contributed by atoms with Crippen LogP contribution in [0.3, 0.4) is 0 Å². The van der Waals surface area contributed by atoms with Gasteiger partial charge < -0.3 is 24.2 Å². The third-order valence-electron chi connectivity index (χ3n) is 5.40. The number of halogens is 1. The molecule has 0 saturated carbocycles. The first-order valence-electron chi connectivity index (χ1n) is 10.6. The van der Waals surface area contributed by atoms with E-state index in [2.05, 4.69) is 0 Å². The molecule has 1 unspecified atom stereocenters. The Bertz CT molecular complexity index is 1080. The Balaban J connectivity index is 2.18. The Labute approximate surface area is 198 Å². The van der Waals surface area contributed by atoms with Gasteiger partial charge in [0, 0.05) is 6.54 Å². The number of ether oxygens (including phenoxy) is 3. The van der Waals surface area contributed by atoms with E-state index in [1.54, 1.807) is 43.5 Å². The molecule has 1 aliphatic heterocycles. The second kappa shape index (κ2) is 10.3. The van der Waals surface area contributed by atoms with Gasteiger partial charge in [-0.05, 0) is 56.2 Å². The molecule has 176 valence electrons. The van der Waals surface area contributed by atoms with Gasteiger partial charge in [0.2, 0.25) is 0 Å². The van der Waals surface area contributed by atoms with Gasteiger partial charge in [0.1, 0.15) is 17.3 Å². The summed E-state index contributed by atoms with van der Waals surface area (Å²) in [5.41, 5.74) is 1.63. The standard InChI is InChI=1S/C25H28ClNO6/c1-14(2)33-11-10-27-21(16-6-8-17(31-4)9-7-16)20(23(29)25(27)30)22(28)18-12-15(3)13-19(26)24(18)32-5/h6-9,12-14,21,28H,10-11H2,1-5H3/b22-20+. The monoisotopic (exact) mass is 473 g/mol. The lowest BCUT2D eigenvalue weighted by Crippen LogP contribution is -2.33. The number of hydrogen-bond donors (Lipinski definition) is 1. The quantitative estimate of drug-likeness (QED) is 0.345. The van der Waals surface area contributed by atoms with Gasteiger partial charge in [0.15, 0.2) is 0 Å². The molecule has 7 nitrogen and oxygen atoms in total. The zero-order valence-electron chi connectivity index (χ0n) is 19.3. The minimum Gasteiger partial charge on any atom is -0.507 e. The predicted octanol–water partition coefficient (Wildman–Crippen LogP) is 4.51. The maximum absolute atomic E-state index is 13.2. The number of aliphatic hydroxyl groups is 1. The van der Waals surface area contributed by atoms with E-state index in [0.29, 0.717) is 16.3 Å². The summed E-state index contributed by atoms with van der Waals surface area (Å²) in [7, 11) is 2.98. The van der Waals surface area contributed by atoms with Crippen LogP contribution in [-0.2, 0) is 14.3 Å². The van der Waals surface area contributed by atoms with Crippen LogP contribution < -0.4 is 9.47 Å². The van der Waals surface area contributed by atoms with Crippen molar-refractivity contribution in [2.45, 2.75) is 32.9 Å². The van der Waals surface area contributed by atoms with Gasteiger partial charge in [-0.15, -0.1) is 0 Å². The van der Waals surface area contributed by atoms with Gasteiger partial charge in [-0.3, -0.25) is 9.59 Å². The molecule has 1 amide bonds. The van der Waals surface area contributed by atoms with E-state index in [4.69, 9.17) is 25.8 Å². The summed E-state index contributed by atoms with van der Waals surface area (Å²) < 4.78 is 16.2. The highest BCUT2D eigenvalue weighted by atomic mass is 35.5. The fourth-order valence-corrected chi connectivity index (χ4v) is 4.24. The van der Waals surface area contributed by atoms with Crippen LogP contribution >= 0.6 is 11.6 Å². The number of rotatable bonds is 8. The number of aryl methyl sites for hydroxylation is 1. The fraction of sp³-hybridized carbons (Fsp3) is 0.360. The van der Waals surface area contributed by atoms with Crippen LogP contribution in [0.2, 0.25) is 5.02 Å². The fourth-order valence-electron chi connectivity index (χ4n) is 3.89. The second-order valence-corrected chi connectivity index (χ2v) is 8.42. The number of nitrogens with zero attached hydrogens (tertiary/aromatic N) is 1. The number of likely N-dealkylation sites (tertiary alicyclic amines) is 1. The minimum absolute atomic E-state index is 0.0278. The number of benzene rings is 2. The van der Waals surface area contributed by atoms with Crippen molar-refractivity contribution in [2.75, 3.05) is 27.4 Å². The van der Waals surface area contributed by atoms with Crippen molar-refractivity contribution in [3.05, 3.63) is 63.7 Å². The van der Waals surface area contributed by atoms with E-state index in [-0.39, 0.29) is 41.9 Å². The summed E-state index contributed by atoms with van der Waals surface area (Å²) in [5.74, 6) is -0.975. The largest absolute Gasteiger partial charge is 0.507 e. The zero-order chi connectivity index (χ0) is 24.3. The molecule has 0 aliphatic carbocycles. The van der Waals surface area contributed by atoms with Crippen molar-refractivity contribution >= 4 is 29.1 Å². The Hall–Kier alpha value is -3.03. The molecular weight excluding hydrogens is 446 g/mol. The molecule has 0 spiro atoms. The lowest BCUT2D eigenvalue weighted by molar-refractivity contribution is -0.140. The van der Waals surface area contributed by atoms with Crippen LogP contribution in [0.15, 0.2) is 42.0 Å². The van der Waals surface area contributed by atoms with Crippen LogP contribution in [0.4, 0.5) is 0 Å². The highest BCUT2D eigenvalue weighted by molar-refractivity contribution is 6.46. The lowest BCUT2D eigenvalue weighted by Gasteiger charge is -2.26. The molecule has 0 radical (unpaired) electrons. The molecule has 33 heavy (non-hydrogen) atoms. The third kappa shape index (κ3) is 4.99. The van der Waals surface area contributed by atoms with E-state index in [0.717, 1.165) is 5.56 Å². The molecule has 8 heteroatoms. The Kier molecular flexibility index (Phi) is 7.66. The van der Waals surface area contributed by atoms with Crippen LogP contribution in [0.5, 0.6) is 11.5 Å². The average molecular weight is 474 g/mol. The molecule has 1 heterocycles. The van der Waals surface area contributed by atoms with Crippen molar-refractivity contribution in [1.82, 2.24) is 4.90 Å². The maximum atomic E-state index is 13.2. The molecule has 1 saturated heterocycles. The summed E-state index contributed by atoms with van der Waals surface area (Å²) in [6.07, 6.45) is -0.0278. The van der Waals surface area contributed by atoms with E-state index in [1.165, 1.54) is 12.0 Å². The topological polar surface area (TPSA) is 85.3 Å². The van der Waals surface area contributed by atoms with Crippen LogP contribution in [0.25, 0.3) is 5.76 Å². The van der Waals surface area contributed by atoms with Gasteiger partial charge in [0.25, 0.3) is 11.7 Å². The van der Waals surface area contributed by atoms with Gasteiger partial charge >= 0.3 is 0 Å². The first-order valence-corrected chi connectivity index (χ1v) is 11.0. The van der Waals surface area contributed by atoms with E-state index in [1.807, 2.05) is 20.8 Å². The van der Waals surface area contributed by atoms with Crippen molar-refractivity contribution in [3.63, 3.8) is 0 Å². The van der Waals surface area contributed by atoms with Gasteiger partial charge in [0.05, 0.1) is 49.1 Å². The van der Waals surface area contributed by atoms with Crippen LogP contribution in [0, 0.1) is 6.92 Å². The molecule has 3 rings (SSSR count). The molecule has 2 aromatic rings. The molecule has 0 bridgehead atoms. The highest BCUT2D eigenvalue weighted by Crippen LogP contribution is 2.42. The Morgan fingerprint density at radius 3 is 2.36 bits per heavy atom. The number of carbonyl (C=O) groups is 2. The van der Waals surface area contributed by atoms with Gasteiger partial charge in [-0.25, -0.2) is 0 Å². The first-order chi connectivity index (χ1) is 15.7. The zero-order valence-corrected chi connectivity index (χ0v) is 20.1. The number of carbonyl (C=O) groups excluding carboxylic acids is 2. The number of amides is 1. The number of aliphatic hydroxyl groups excluding tert-OH is 1. The average Bonchev–Trinajstić information content (AvgIpc) is 3.03. The van der Waals surface area contributed by atoms with Crippen LogP contribution in [-0.4, -0.2) is 55.2 Å². The number of methoxy groups -OCH3 is 2. The van der Waals surface area contributed by atoms with E-state index >= 15 is 0 Å². The molecule has 1 aliphatic rings. The number of ketones is 1. The minimum atomic E-state index is -0.810. The summed E-state index contributed by atoms with van der Waals surface area (Å²) in [5, 5.41) is 11.6.